The molecule has 37 heavy (non-hydrogen) atoms. The molecule has 1 atom stereocenters. The predicted octanol–water partition coefficient (Wildman–Crippen LogP) is 5.11. The number of nitrogens with one attached hydrogen (secondary N) is 2. The molecule has 1 unspecified atom stereocenters. The predicted molar refractivity (Wildman–Crippen MR) is 146 cm³/mol. The maximum atomic E-state index is 12.8. The van der Waals surface area contributed by atoms with E-state index < -0.39 is 0 Å². The van der Waals surface area contributed by atoms with Crippen LogP contribution in [-0.2, 0) is 0 Å². The molecule has 0 aliphatic carbocycles. The van der Waals surface area contributed by atoms with Crippen LogP contribution in [0.25, 0.3) is 0 Å². The quantitative estimate of drug-likeness (QED) is 0.337. The van der Waals surface area contributed by atoms with Gasteiger partial charge in [0.25, 0.3) is 5.91 Å². The van der Waals surface area contributed by atoms with Crippen LogP contribution in [0, 0.1) is 0 Å². The van der Waals surface area contributed by atoms with Crippen molar-refractivity contribution in [3.63, 3.8) is 0 Å². The van der Waals surface area contributed by atoms with Gasteiger partial charge in [-0.2, -0.15) is 0 Å². The third-order valence-corrected chi connectivity index (χ3v) is 6.55. The number of hydrogen-bond acceptors (Lipinski definition) is 6. The highest BCUT2D eigenvalue weighted by atomic mass is 16.5. The molecule has 2 aromatic heterocycles. The van der Waals surface area contributed by atoms with Crippen molar-refractivity contribution in [2.45, 2.75) is 25.0 Å². The number of rotatable bonds is 9. The zero-order valence-electron chi connectivity index (χ0n) is 20.7. The van der Waals surface area contributed by atoms with E-state index in [4.69, 9.17) is 4.74 Å². The first-order valence-electron chi connectivity index (χ1n) is 12.7. The number of para-hydroxylation sites is 1. The summed E-state index contributed by atoms with van der Waals surface area (Å²) >= 11 is 0. The van der Waals surface area contributed by atoms with Crippen molar-refractivity contribution in [3.05, 3.63) is 115 Å². The Hall–Kier alpha value is -4.39. The monoisotopic (exact) mass is 493 g/mol. The summed E-state index contributed by atoms with van der Waals surface area (Å²) in [4.78, 5) is 23.7. The van der Waals surface area contributed by atoms with Gasteiger partial charge in [-0.25, -0.2) is 4.98 Å². The summed E-state index contributed by atoms with van der Waals surface area (Å²) in [7, 11) is 0. The fourth-order valence-corrected chi connectivity index (χ4v) is 4.49. The molecule has 3 heterocycles. The number of carbonyl (C=O) groups excluding carboxylic acids is 1. The van der Waals surface area contributed by atoms with Gasteiger partial charge in [0.15, 0.2) is 0 Å². The van der Waals surface area contributed by atoms with Gasteiger partial charge >= 0.3 is 0 Å². The van der Waals surface area contributed by atoms with Crippen LogP contribution in [-0.4, -0.2) is 41.6 Å². The second-order valence-corrected chi connectivity index (χ2v) is 9.08. The Labute approximate surface area is 217 Å². The molecule has 2 aromatic carbocycles. The molecule has 2 N–H and O–H groups in total. The summed E-state index contributed by atoms with van der Waals surface area (Å²) in [6, 6.07) is 27.7. The van der Waals surface area contributed by atoms with E-state index >= 15 is 0 Å². The molecule has 0 spiro atoms. The Kier molecular flexibility index (Phi) is 7.91. The van der Waals surface area contributed by atoms with E-state index in [1.807, 2.05) is 85.2 Å². The van der Waals surface area contributed by atoms with Crippen molar-refractivity contribution in [1.29, 1.82) is 0 Å². The molecule has 0 saturated carbocycles. The van der Waals surface area contributed by atoms with Crippen LogP contribution in [0.1, 0.15) is 34.9 Å². The van der Waals surface area contributed by atoms with E-state index in [9.17, 15) is 4.79 Å². The van der Waals surface area contributed by atoms with E-state index in [-0.39, 0.29) is 18.1 Å². The first-order chi connectivity index (χ1) is 18.2. The van der Waals surface area contributed by atoms with E-state index in [2.05, 4.69) is 37.6 Å². The molecule has 7 nitrogen and oxygen atoms in total. The van der Waals surface area contributed by atoms with Gasteiger partial charge in [-0.3, -0.25) is 9.78 Å². The molecular weight excluding hydrogens is 462 g/mol. The Morgan fingerprint density at radius 3 is 2.30 bits per heavy atom. The maximum absolute atomic E-state index is 12.8. The maximum Gasteiger partial charge on any atom is 0.253 e. The highest BCUT2D eigenvalue weighted by Crippen LogP contribution is 2.23. The van der Waals surface area contributed by atoms with Crippen molar-refractivity contribution < 1.29 is 9.53 Å². The number of pyridine rings is 2. The molecule has 1 saturated heterocycles. The van der Waals surface area contributed by atoms with Crippen LogP contribution in [0.2, 0.25) is 0 Å². The molecule has 0 bridgehead atoms. The smallest absolute Gasteiger partial charge is 0.253 e. The summed E-state index contributed by atoms with van der Waals surface area (Å²) in [5, 5.41) is 6.52. The normalized spacial score (nSPS) is 14.5. The fraction of sp³-hybridized carbons (Fsp3) is 0.233. The number of piperidine rings is 1. The summed E-state index contributed by atoms with van der Waals surface area (Å²) < 4.78 is 6.24. The van der Waals surface area contributed by atoms with Crippen molar-refractivity contribution in [2.24, 2.45) is 0 Å². The molecule has 0 radical (unpaired) electrons. The first kappa shape index (κ1) is 24.3. The number of ether oxygens (including phenoxy) is 1. The average molecular weight is 494 g/mol. The van der Waals surface area contributed by atoms with Crippen LogP contribution >= 0.6 is 0 Å². The number of benzene rings is 2. The number of hydrogen-bond donors (Lipinski definition) is 2. The van der Waals surface area contributed by atoms with Crippen molar-refractivity contribution in [2.75, 3.05) is 29.9 Å². The summed E-state index contributed by atoms with van der Waals surface area (Å²) in [5.41, 5.74) is 2.81. The Balaban J connectivity index is 1.14. The highest BCUT2D eigenvalue weighted by molar-refractivity contribution is 5.94. The minimum Gasteiger partial charge on any atom is -0.484 e. The Morgan fingerprint density at radius 2 is 1.62 bits per heavy atom. The van der Waals surface area contributed by atoms with Crippen LogP contribution < -0.4 is 20.3 Å². The van der Waals surface area contributed by atoms with Gasteiger partial charge in [0.2, 0.25) is 0 Å². The van der Waals surface area contributed by atoms with Crippen molar-refractivity contribution in [1.82, 2.24) is 15.3 Å². The van der Waals surface area contributed by atoms with Gasteiger partial charge in [-0.05, 0) is 54.8 Å². The number of carbonyl (C=O) groups is 1. The highest BCUT2D eigenvalue weighted by Gasteiger charge is 2.21. The van der Waals surface area contributed by atoms with Gasteiger partial charge in [0.05, 0.1) is 12.1 Å². The minimum atomic E-state index is -0.189. The second kappa shape index (κ2) is 12.0. The topological polar surface area (TPSA) is 79.4 Å². The molecular formula is C30H31N5O2. The van der Waals surface area contributed by atoms with Gasteiger partial charge in [-0.15, -0.1) is 0 Å². The lowest BCUT2D eigenvalue weighted by molar-refractivity contribution is 0.0930. The molecule has 4 aromatic rings. The zero-order chi connectivity index (χ0) is 25.3. The third-order valence-electron chi connectivity index (χ3n) is 6.55. The third kappa shape index (κ3) is 6.64. The van der Waals surface area contributed by atoms with Crippen LogP contribution in [0.5, 0.6) is 5.75 Å². The van der Waals surface area contributed by atoms with E-state index in [1.54, 1.807) is 6.20 Å². The second-order valence-electron chi connectivity index (χ2n) is 9.08. The number of anilines is 2. The number of aromatic nitrogens is 2. The molecule has 7 heteroatoms. The van der Waals surface area contributed by atoms with Gasteiger partial charge in [0.1, 0.15) is 17.7 Å². The fourth-order valence-electron chi connectivity index (χ4n) is 4.49. The van der Waals surface area contributed by atoms with E-state index in [0.717, 1.165) is 37.2 Å². The zero-order valence-corrected chi connectivity index (χ0v) is 20.7. The van der Waals surface area contributed by atoms with Crippen molar-refractivity contribution in [3.8, 4) is 5.75 Å². The molecule has 188 valence electrons. The molecule has 1 aliphatic heterocycles. The number of amides is 1. The minimum absolute atomic E-state index is 0.0871. The van der Waals surface area contributed by atoms with Gasteiger partial charge in [-0.1, -0.05) is 48.5 Å². The lowest BCUT2D eigenvalue weighted by Crippen LogP contribution is -2.44. The standard InChI is InChI=1S/C30H31N5O2/c36-30(34-25-15-19-35(20-16-25)26-13-17-31-18-14-26)24-11-12-29(32-21-24)33-22-28(23-7-3-1-4-8-23)37-27-9-5-2-6-10-27/h1-14,17-18,21,25,28H,15-16,19-20,22H2,(H,32,33)(H,34,36). The SMILES string of the molecule is O=C(NC1CCN(c2ccncc2)CC1)c1ccc(NCC(Oc2ccccc2)c2ccccc2)nc1. The lowest BCUT2D eigenvalue weighted by atomic mass is 10.0. The average Bonchev–Trinajstić information content (AvgIpc) is 2.97. The Bertz CT molecular complexity index is 1250. The molecule has 5 rings (SSSR count). The summed E-state index contributed by atoms with van der Waals surface area (Å²) in [6.45, 7) is 2.35. The molecule has 1 amide bonds. The largest absolute Gasteiger partial charge is 0.484 e. The van der Waals surface area contributed by atoms with Crippen molar-refractivity contribution >= 4 is 17.4 Å². The lowest BCUT2D eigenvalue weighted by Gasteiger charge is -2.33. The molecule has 1 aliphatic rings. The van der Waals surface area contributed by atoms with E-state index in [1.165, 1.54) is 5.69 Å². The van der Waals surface area contributed by atoms with E-state index in [0.29, 0.717) is 17.9 Å². The van der Waals surface area contributed by atoms with Crippen LogP contribution in [0.3, 0.4) is 0 Å². The summed E-state index contributed by atoms with van der Waals surface area (Å²) in [5.74, 6) is 1.42. The summed E-state index contributed by atoms with van der Waals surface area (Å²) in [6.07, 6.45) is 6.87. The molecule has 1 fully saturated rings. The van der Waals surface area contributed by atoms with Crippen LogP contribution in [0.15, 0.2) is 104 Å². The van der Waals surface area contributed by atoms with Gasteiger partial charge < -0.3 is 20.3 Å². The first-order valence-corrected chi connectivity index (χ1v) is 12.7. The van der Waals surface area contributed by atoms with Crippen LogP contribution in [0.4, 0.5) is 11.5 Å². The van der Waals surface area contributed by atoms with Gasteiger partial charge in [0, 0.05) is 43.4 Å². The number of nitrogens with zero attached hydrogens (tertiary/aromatic N) is 3. The Morgan fingerprint density at radius 1 is 0.919 bits per heavy atom.